The fourth-order valence-corrected chi connectivity index (χ4v) is 4.06. The molecular weight excluding hydrogens is 288 g/mol. The standard InChI is InChI=1S/C24H30/c1-5-7-10-19(6-2)15-20-13-14-23-17(3)21-11-8-9-12-22(21)18(4)24(23)16-20/h8-9,11-14,16,19H,5-7,10,15H2,1-4H3. The molecule has 0 bridgehead atoms. The molecule has 0 radical (unpaired) electrons. The van der Waals surface area contributed by atoms with Gasteiger partial charge >= 0.3 is 0 Å². The fourth-order valence-electron chi connectivity index (χ4n) is 4.06. The second-order valence-electron chi connectivity index (χ2n) is 7.30. The Bertz CT molecular complexity index is 841. The molecule has 0 aliphatic heterocycles. The first-order valence-electron chi connectivity index (χ1n) is 9.56. The van der Waals surface area contributed by atoms with Gasteiger partial charge in [0, 0.05) is 0 Å². The highest BCUT2D eigenvalue weighted by Gasteiger charge is 2.11. The summed E-state index contributed by atoms with van der Waals surface area (Å²) < 4.78 is 0. The molecule has 0 saturated heterocycles. The molecule has 0 spiro atoms. The van der Waals surface area contributed by atoms with Gasteiger partial charge in [-0.05, 0) is 64.4 Å². The zero-order valence-corrected chi connectivity index (χ0v) is 15.7. The van der Waals surface area contributed by atoms with Gasteiger partial charge in [-0.3, -0.25) is 0 Å². The molecule has 0 nitrogen and oxygen atoms in total. The number of benzene rings is 3. The first kappa shape index (κ1) is 17.0. The van der Waals surface area contributed by atoms with Crippen LogP contribution in [0.15, 0.2) is 42.5 Å². The summed E-state index contributed by atoms with van der Waals surface area (Å²) in [5.74, 6) is 0.823. The third-order valence-electron chi connectivity index (χ3n) is 5.69. The van der Waals surface area contributed by atoms with E-state index in [2.05, 4.69) is 70.2 Å². The minimum Gasteiger partial charge on any atom is -0.0654 e. The summed E-state index contributed by atoms with van der Waals surface area (Å²) in [6.07, 6.45) is 6.53. The van der Waals surface area contributed by atoms with Crippen molar-refractivity contribution in [1.82, 2.24) is 0 Å². The van der Waals surface area contributed by atoms with Gasteiger partial charge in [0.1, 0.15) is 0 Å². The Balaban J connectivity index is 2.04. The Kier molecular flexibility index (Phi) is 5.23. The monoisotopic (exact) mass is 318 g/mol. The normalized spacial score (nSPS) is 12.8. The molecule has 0 saturated carbocycles. The number of rotatable bonds is 6. The van der Waals surface area contributed by atoms with Crippen LogP contribution in [-0.2, 0) is 6.42 Å². The summed E-state index contributed by atoms with van der Waals surface area (Å²) in [6.45, 7) is 9.17. The number of unbranched alkanes of at least 4 members (excludes halogenated alkanes) is 1. The molecule has 3 rings (SSSR count). The fraction of sp³-hybridized carbons (Fsp3) is 0.417. The largest absolute Gasteiger partial charge is 0.0654 e. The Morgan fingerprint density at radius 2 is 1.42 bits per heavy atom. The molecule has 3 aromatic rings. The van der Waals surface area contributed by atoms with Crippen molar-refractivity contribution in [2.24, 2.45) is 5.92 Å². The van der Waals surface area contributed by atoms with Crippen molar-refractivity contribution in [2.75, 3.05) is 0 Å². The van der Waals surface area contributed by atoms with Crippen molar-refractivity contribution in [3.63, 3.8) is 0 Å². The van der Waals surface area contributed by atoms with Crippen molar-refractivity contribution in [1.29, 1.82) is 0 Å². The van der Waals surface area contributed by atoms with Gasteiger partial charge in [-0.1, -0.05) is 82.0 Å². The van der Waals surface area contributed by atoms with E-state index in [9.17, 15) is 0 Å². The van der Waals surface area contributed by atoms with Crippen molar-refractivity contribution in [2.45, 2.75) is 59.8 Å². The minimum atomic E-state index is 0.823. The van der Waals surface area contributed by atoms with E-state index in [1.165, 1.54) is 70.3 Å². The van der Waals surface area contributed by atoms with E-state index in [0.717, 1.165) is 5.92 Å². The van der Waals surface area contributed by atoms with E-state index in [4.69, 9.17) is 0 Å². The summed E-state index contributed by atoms with van der Waals surface area (Å²) in [5, 5.41) is 5.65. The van der Waals surface area contributed by atoms with E-state index < -0.39 is 0 Å². The Morgan fingerprint density at radius 1 is 0.792 bits per heavy atom. The van der Waals surface area contributed by atoms with E-state index in [-0.39, 0.29) is 0 Å². The Morgan fingerprint density at radius 3 is 2.04 bits per heavy atom. The summed E-state index contributed by atoms with van der Waals surface area (Å²) in [7, 11) is 0. The Hall–Kier alpha value is -1.82. The van der Waals surface area contributed by atoms with Crippen LogP contribution in [0.25, 0.3) is 21.5 Å². The van der Waals surface area contributed by atoms with Crippen LogP contribution in [0.5, 0.6) is 0 Å². The van der Waals surface area contributed by atoms with Gasteiger partial charge in [-0.2, -0.15) is 0 Å². The number of hydrogen-bond acceptors (Lipinski definition) is 0. The molecule has 1 atom stereocenters. The highest BCUT2D eigenvalue weighted by molar-refractivity contribution is 6.05. The molecule has 0 aliphatic carbocycles. The Labute approximate surface area is 146 Å². The zero-order valence-electron chi connectivity index (χ0n) is 15.7. The third kappa shape index (κ3) is 3.20. The van der Waals surface area contributed by atoms with Crippen molar-refractivity contribution in [3.8, 4) is 0 Å². The van der Waals surface area contributed by atoms with Crippen LogP contribution >= 0.6 is 0 Å². The van der Waals surface area contributed by atoms with E-state index in [1.807, 2.05) is 0 Å². The molecule has 0 amide bonds. The summed E-state index contributed by atoms with van der Waals surface area (Å²) in [6, 6.07) is 16.0. The van der Waals surface area contributed by atoms with Gasteiger partial charge < -0.3 is 0 Å². The molecule has 0 fully saturated rings. The quantitative estimate of drug-likeness (QED) is 0.416. The molecule has 0 N–H and O–H groups in total. The van der Waals surface area contributed by atoms with Crippen LogP contribution < -0.4 is 0 Å². The third-order valence-corrected chi connectivity index (χ3v) is 5.69. The highest BCUT2D eigenvalue weighted by atomic mass is 14.2. The summed E-state index contributed by atoms with van der Waals surface area (Å²) in [4.78, 5) is 0. The lowest BCUT2D eigenvalue weighted by Gasteiger charge is -2.17. The molecule has 0 aliphatic rings. The maximum Gasteiger partial charge on any atom is -0.0143 e. The van der Waals surface area contributed by atoms with E-state index in [1.54, 1.807) is 0 Å². The number of hydrogen-bond donors (Lipinski definition) is 0. The lowest BCUT2D eigenvalue weighted by molar-refractivity contribution is 0.449. The van der Waals surface area contributed by atoms with Crippen LogP contribution in [0, 0.1) is 19.8 Å². The topological polar surface area (TPSA) is 0 Å². The molecule has 0 heteroatoms. The van der Waals surface area contributed by atoms with Crippen LogP contribution in [0.2, 0.25) is 0 Å². The maximum atomic E-state index is 2.46. The smallest absolute Gasteiger partial charge is 0.0143 e. The predicted molar refractivity (Wildman–Crippen MR) is 108 cm³/mol. The van der Waals surface area contributed by atoms with E-state index in [0.29, 0.717) is 0 Å². The average molecular weight is 319 g/mol. The minimum absolute atomic E-state index is 0.823. The van der Waals surface area contributed by atoms with Gasteiger partial charge in [0.2, 0.25) is 0 Å². The van der Waals surface area contributed by atoms with Gasteiger partial charge in [-0.15, -0.1) is 0 Å². The molecule has 1 unspecified atom stereocenters. The van der Waals surface area contributed by atoms with Crippen LogP contribution in [0.1, 0.15) is 56.2 Å². The number of aryl methyl sites for hydroxylation is 2. The first-order valence-corrected chi connectivity index (χ1v) is 9.56. The summed E-state index contributed by atoms with van der Waals surface area (Å²) in [5.41, 5.74) is 4.34. The van der Waals surface area contributed by atoms with E-state index >= 15 is 0 Å². The lowest BCUT2D eigenvalue weighted by Crippen LogP contribution is -2.03. The zero-order chi connectivity index (χ0) is 17.1. The van der Waals surface area contributed by atoms with Crippen molar-refractivity contribution >= 4 is 21.5 Å². The molecule has 3 aromatic carbocycles. The first-order chi connectivity index (χ1) is 11.7. The molecule has 0 heterocycles. The molecule has 126 valence electrons. The van der Waals surface area contributed by atoms with Gasteiger partial charge in [-0.25, -0.2) is 0 Å². The highest BCUT2D eigenvalue weighted by Crippen LogP contribution is 2.33. The summed E-state index contributed by atoms with van der Waals surface area (Å²) >= 11 is 0. The van der Waals surface area contributed by atoms with Crippen LogP contribution in [0.4, 0.5) is 0 Å². The second kappa shape index (κ2) is 7.38. The van der Waals surface area contributed by atoms with Gasteiger partial charge in [0.05, 0.1) is 0 Å². The van der Waals surface area contributed by atoms with Crippen molar-refractivity contribution in [3.05, 3.63) is 59.2 Å². The van der Waals surface area contributed by atoms with Crippen molar-refractivity contribution < 1.29 is 0 Å². The molecule has 0 aromatic heterocycles. The second-order valence-corrected chi connectivity index (χ2v) is 7.30. The van der Waals surface area contributed by atoms with Gasteiger partial charge in [0.15, 0.2) is 0 Å². The van der Waals surface area contributed by atoms with Crippen LogP contribution in [0.3, 0.4) is 0 Å². The van der Waals surface area contributed by atoms with Crippen LogP contribution in [-0.4, -0.2) is 0 Å². The molecule has 24 heavy (non-hydrogen) atoms. The SMILES string of the molecule is CCCCC(CC)Cc1ccc2c(C)c3ccccc3c(C)c2c1. The number of fused-ring (bicyclic) bond motifs is 2. The lowest BCUT2D eigenvalue weighted by atomic mass is 9.88. The molecular formula is C24H30. The average Bonchev–Trinajstić information content (AvgIpc) is 2.63. The predicted octanol–water partition coefficient (Wildman–Crippen LogP) is 7.37. The maximum absolute atomic E-state index is 2.46. The van der Waals surface area contributed by atoms with Gasteiger partial charge in [0.25, 0.3) is 0 Å².